The summed E-state index contributed by atoms with van der Waals surface area (Å²) in [6, 6.07) is 4.54. The Kier molecular flexibility index (Phi) is 2.96. The van der Waals surface area contributed by atoms with Gasteiger partial charge in [-0.3, -0.25) is 0 Å². The Morgan fingerprint density at radius 3 is 3.06 bits per heavy atom. The highest BCUT2D eigenvalue weighted by molar-refractivity contribution is 5.56. The third kappa shape index (κ3) is 2.20. The molecule has 0 spiro atoms. The highest BCUT2D eigenvalue weighted by Crippen LogP contribution is 2.28. The maximum atomic E-state index is 4.38. The molecule has 2 atom stereocenters. The van der Waals surface area contributed by atoms with Crippen molar-refractivity contribution in [1.29, 1.82) is 0 Å². The molecule has 0 aromatic carbocycles. The van der Waals surface area contributed by atoms with Gasteiger partial charge in [0.2, 0.25) is 0 Å². The summed E-state index contributed by atoms with van der Waals surface area (Å²) < 4.78 is 1.70. The topological polar surface area (TPSA) is 55.6 Å². The smallest absolute Gasteiger partial charge is 0.178 e. The van der Waals surface area contributed by atoms with Crippen molar-refractivity contribution < 1.29 is 0 Å². The molecule has 18 heavy (non-hydrogen) atoms. The Morgan fingerprint density at radius 2 is 2.33 bits per heavy atom. The van der Waals surface area contributed by atoms with Gasteiger partial charge in [-0.2, -0.15) is 5.10 Å². The van der Waals surface area contributed by atoms with Crippen LogP contribution in [0.25, 0.3) is 5.82 Å². The second-order valence-corrected chi connectivity index (χ2v) is 4.97. The maximum absolute atomic E-state index is 4.38. The molecular weight excluding hydrogens is 226 g/mol. The molecule has 1 N–H and O–H groups in total. The first-order valence-corrected chi connectivity index (χ1v) is 6.39. The number of anilines is 1. The Morgan fingerprint density at radius 1 is 1.39 bits per heavy atom. The Bertz CT molecular complexity index is 508. The van der Waals surface area contributed by atoms with Crippen molar-refractivity contribution >= 4 is 5.69 Å². The molecule has 2 heterocycles. The normalized spacial score (nSPS) is 23.2. The lowest BCUT2D eigenvalue weighted by Crippen LogP contribution is -2.17. The van der Waals surface area contributed by atoms with Gasteiger partial charge in [-0.25, -0.2) is 14.6 Å². The van der Waals surface area contributed by atoms with Crippen LogP contribution >= 0.6 is 0 Å². The van der Waals surface area contributed by atoms with Crippen LogP contribution < -0.4 is 5.32 Å². The lowest BCUT2D eigenvalue weighted by atomic mass is 10.1. The quantitative estimate of drug-likeness (QED) is 0.898. The minimum absolute atomic E-state index is 0.548. The summed E-state index contributed by atoms with van der Waals surface area (Å²) in [5, 5.41) is 7.72. The highest BCUT2D eigenvalue weighted by atomic mass is 15.3. The number of hydrogen-bond acceptors (Lipinski definition) is 4. The van der Waals surface area contributed by atoms with Crippen LogP contribution in [0.3, 0.4) is 0 Å². The van der Waals surface area contributed by atoms with Gasteiger partial charge in [0.05, 0.1) is 5.69 Å². The summed E-state index contributed by atoms with van der Waals surface area (Å²) in [7, 11) is 0. The zero-order valence-electron chi connectivity index (χ0n) is 10.5. The number of pyridine rings is 1. The molecule has 3 rings (SSSR count). The molecule has 1 aliphatic rings. The maximum Gasteiger partial charge on any atom is 0.178 e. The molecular formula is C13H17N5. The van der Waals surface area contributed by atoms with Gasteiger partial charge in [0, 0.05) is 12.2 Å². The summed E-state index contributed by atoms with van der Waals surface area (Å²) in [4.78, 5) is 8.35. The fourth-order valence-corrected chi connectivity index (χ4v) is 2.57. The summed E-state index contributed by atoms with van der Waals surface area (Å²) in [6.45, 7) is 2.31. The summed E-state index contributed by atoms with van der Waals surface area (Å²) >= 11 is 0. The molecule has 0 radical (unpaired) electrons. The van der Waals surface area contributed by atoms with E-state index in [4.69, 9.17) is 0 Å². The Labute approximate surface area is 106 Å². The molecule has 0 bridgehead atoms. The lowest BCUT2D eigenvalue weighted by molar-refractivity contribution is 0.602. The monoisotopic (exact) mass is 243 g/mol. The molecule has 5 heteroatoms. The van der Waals surface area contributed by atoms with Crippen molar-refractivity contribution in [3.8, 4) is 5.82 Å². The minimum Gasteiger partial charge on any atom is -0.379 e. The van der Waals surface area contributed by atoms with E-state index in [1.807, 2.05) is 12.1 Å². The summed E-state index contributed by atoms with van der Waals surface area (Å²) in [5.41, 5.74) is 1.03. The van der Waals surface area contributed by atoms with Crippen molar-refractivity contribution in [2.24, 2.45) is 5.92 Å². The third-order valence-electron chi connectivity index (χ3n) is 3.48. The first kappa shape index (κ1) is 11.2. The molecule has 0 amide bonds. The molecule has 1 fully saturated rings. The van der Waals surface area contributed by atoms with E-state index >= 15 is 0 Å². The van der Waals surface area contributed by atoms with Crippen LogP contribution in [0.2, 0.25) is 0 Å². The highest BCUT2D eigenvalue weighted by Gasteiger charge is 2.22. The van der Waals surface area contributed by atoms with Gasteiger partial charge < -0.3 is 5.32 Å². The van der Waals surface area contributed by atoms with Crippen LogP contribution in [0.4, 0.5) is 5.69 Å². The predicted octanol–water partition coefficient (Wildman–Crippen LogP) is 2.26. The second-order valence-electron chi connectivity index (χ2n) is 4.97. The third-order valence-corrected chi connectivity index (χ3v) is 3.48. The van der Waals surface area contributed by atoms with E-state index in [9.17, 15) is 0 Å². The van der Waals surface area contributed by atoms with Crippen LogP contribution in [0.15, 0.2) is 31.0 Å². The van der Waals surface area contributed by atoms with Crippen molar-refractivity contribution in [2.45, 2.75) is 32.2 Å². The van der Waals surface area contributed by atoms with Crippen LogP contribution in [0.5, 0.6) is 0 Å². The first-order valence-electron chi connectivity index (χ1n) is 6.39. The lowest BCUT2D eigenvalue weighted by Gasteiger charge is -2.16. The van der Waals surface area contributed by atoms with Crippen LogP contribution in [0, 0.1) is 5.92 Å². The molecule has 94 valence electrons. The number of nitrogens with zero attached hydrogens (tertiary/aromatic N) is 4. The van der Waals surface area contributed by atoms with E-state index in [1.165, 1.54) is 25.6 Å². The van der Waals surface area contributed by atoms with Crippen molar-refractivity contribution in [2.75, 3.05) is 5.32 Å². The van der Waals surface area contributed by atoms with Gasteiger partial charge in [0.25, 0.3) is 0 Å². The Balaban J connectivity index is 1.84. The van der Waals surface area contributed by atoms with Crippen molar-refractivity contribution in [3.63, 3.8) is 0 Å². The molecule has 2 aromatic rings. The Hall–Kier alpha value is -1.91. The second kappa shape index (κ2) is 4.76. The SMILES string of the molecule is CC1CCC(Nc2cccnc2-n2cncn2)C1. The summed E-state index contributed by atoms with van der Waals surface area (Å²) in [5.74, 6) is 1.63. The van der Waals surface area contributed by atoms with E-state index in [1.54, 1.807) is 17.2 Å². The number of rotatable bonds is 3. The minimum atomic E-state index is 0.548. The van der Waals surface area contributed by atoms with Gasteiger partial charge in [-0.1, -0.05) is 6.92 Å². The average molecular weight is 243 g/mol. The van der Waals surface area contributed by atoms with E-state index < -0.39 is 0 Å². The van der Waals surface area contributed by atoms with E-state index in [-0.39, 0.29) is 0 Å². The molecule has 5 nitrogen and oxygen atoms in total. The molecule has 0 saturated heterocycles. The number of hydrogen-bond donors (Lipinski definition) is 1. The van der Waals surface area contributed by atoms with E-state index in [0.717, 1.165) is 17.4 Å². The zero-order valence-corrected chi connectivity index (χ0v) is 10.5. The zero-order chi connectivity index (χ0) is 12.4. The predicted molar refractivity (Wildman–Crippen MR) is 69.6 cm³/mol. The van der Waals surface area contributed by atoms with Crippen LogP contribution in [-0.2, 0) is 0 Å². The van der Waals surface area contributed by atoms with Crippen molar-refractivity contribution in [3.05, 3.63) is 31.0 Å². The molecule has 1 saturated carbocycles. The first-order chi connectivity index (χ1) is 8.83. The van der Waals surface area contributed by atoms with Crippen molar-refractivity contribution in [1.82, 2.24) is 19.7 Å². The van der Waals surface area contributed by atoms with Gasteiger partial charge in [-0.15, -0.1) is 0 Å². The van der Waals surface area contributed by atoms with Crippen LogP contribution in [-0.4, -0.2) is 25.8 Å². The fourth-order valence-electron chi connectivity index (χ4n) is 2.57. The molecule has 2 unspecified atom stereocenters. The molecule has 0 aliphatic heterocycles. The number of nitrogens with one attached hydrogen (secondary N) is 1. The van der Waals surface area contributed by atoms with Crippen LogP contribution in [0.1, 0.15) is 26.2 Å². The average Bonchev–Trinajstić information content (AvgIpc) is 3.02. The van der Waals surface area contributed by atoms with E-state index in [0.29, 0.717) is 6.04 Å². The van der Waals surface area contributed by atoms with Gasteiger partial charge in [0.1, 0.15) is 12.7 Å². The molecule has 2 aromatic heterocycles. The summed E-state index contributed by atoms with van der Waals surface area (Å²) in [6.07, 6.45) is 8.73. The number of aromatic nitrogens is 4. The van der Waals surface area contributed by atoms with Gasteiger partial charge in [0.15, 0.2) is 5.82 Å². The van der Waals surface area contributed by atoms with Gasteiger partial charge >= 0.3 is 0 Å². The van der Waals surface area contributed by atoms with Gasteiger partial charge in [-0.05, 0) is 37.3 Å². The largest absolute Gasteiger partial charge is 0.379 e. The van der Waals surface area contributed by atoms with E-state index in [2.05, 4.69) is 27.3 Å². The molecule has 1 aliphatic carbocycles. The standard InChI is InChI=1S/C13H17N5/c1-10-4-5-11(7-10)17-12-3-2-6-15-13(12)18-9-14-8-16-18/h2-3,6,8-11,17H,4-5,7H2,1H3. The fraction of sp³-hybridized carbons (Fsp3) is 0.462.